The van der Waals surface area contributed by atoms with Gasteiger partial charge in [0, 0.05) is 13.1 Å². The summed E-state index contributed by atoms with van der Waals surface area (Å²) < 4.78 is 5.61. The van der Waals surface area contributed by atoms with E-state index in [1.807, 2.05) is 24.3 Å². The van der Waals surface area contributed by atoms with Crippen molar-refractivity contribution >= 4 is 29.9 Å². The maximum atomic E-state index is 5.61. The monoisotopic (exact) mass is 377 g/mol. The summed E-state index contributed by atoms with van der Waals surface area (Å²) in [6.45, 7) is 9.13. The first-order chi connectivity index (χ1) is 8.76. The average molecular weight is 377 g/mol. The lowest BCUT2D eigenvalue weighted by molar-refractivity contribution is 0.328. The van der Waals surface area contributed by atoms with Crippen molar-refractivity contribution in [3.8, 4) is 5.75 Å². The lowest BCUT2D eigenvalue weighted by Crippen LogP contribution is -2.37. The molecule has 0 fully saturated rings. The lowest BCUT2D eigenvalue weighted by Gasteiger charge is -2.09. The molecule has 0 aromatic heterocycles. The summed E-state index contributed by atoms with van der Waals surface area (Å²) in [5, 5.41) is 6.35. The topological polar surface area (TPSA) is 45.7 Å². The molecule has 0 atom stereocenters. The fourth-order valence-corrected chi connectivity index (χ4v) is 1.46. The fraction of sp³-hybridized carbons (Fsp3) is 0.500. The third-order valence-electron chi connectivity index (χ3n) is 2.34. The minimum Gasteiger partial charge on any atom is -0.492 e. The summed E-state index contributed by atoms with van der Waals surface area (Å²) in [5.41, 5.74) is 1.24. The second kappa shape index (κ2) is 10.9. The first kappa shape index (κ1) is 18.0. The Bertz CT molecular complexity index is 357. The van der Waals surface area contributed by atoms with Gasteiger partial charge in [-0.05, 0) is 32.9 Å². The third kappa shape index (κ3) is 7.92. The van der Waals surface area contributed by atoms with Crippen LogP contribution in [0.5, 0.6) is 5.75 Å². The van der Waals surface area contributed by atoms with Gasteiger partial charge in [-0.15, -0.1) is 24.0 Å². The summed E-state index contributed by atoms with van der Waals surface area (Å²) >= 11 is 0. The Kier molecular flexibility index (Phi) is 10.3. The minimum absolute atomic E-state index is 0. The van der Waals surface area contributed by atoms with Crippen molar-refractivity contribution in [2.75, 3.05) is 26.2 Å². The third-order valence-corrected chi connectivity index (χ3v) is 2.34. The summed E-state index contributed by atoms with van der Waals surface area (Å²) in [6, 6.07) is 8.05. The quantitative estimate of drug-likeness (QED) is 0.347. The zero-order valence-corrected chi connectivity index (χ0v) is 14.2. The van der Waals surface area contributed by atoms with Crippen LogP contribution in [-0.4, -0.2) is 32.2 Å². The van der Waals surface area contributed by atoms with Crippen molar-refractivity contribution in [2.24, 2.45) is 4.99 Å². The minimum atomic E-state index is 0. The molecule has 0 heterocycles. The second-order valence-corrected chi connectivity index (χ2v) is 3.95. The predicted molar refractivity (Wildman–Crippen MR) is 91.7 cm³/mol. The first-order valence-electron chi connectivity index (χ1n) is 6.48. The molecular formula is C14H24IN3O. The van der Waals surface area contributed by atoms with E-state index in [1.165, 1.54) is 5.56 Å². The Morgan fingerprint density at radius 3 is 2.21 bits per heavy atom. The predicted octanol–water partition coefficient (Wildman–Crippen LogP) is 2.57. The molecule has 0 aliphatic heterocycles. The van der Waals surface area contributed by atoms with Gasteiger partial charge in [-0.2, -0.15) is 0 Å². The van der Waals surface area contributed by atoms with Gasteiger partial charge in [0.1, 0.15) is 12.4 Å². The summed E-state index contributed by atoms with van der Waals surface area (Å²) in [5.74, 6) is 1.73. The number of rotatable bonds is 6. The summed E-state index contributed by atoms with van der Waals surface area (Å²) in [7, 11) is 0. The van der Waals surface area contributed by atoms with Crippen LogP contribution >= 0.6 is 24.0 Å². The van der Waals surface area contributed by atoms with Crippen molar-refractivity contribution in [1.29, 1.82) is 0 Å². The van der Waals surface area contributed by atoms with Crippen LogP contribution in [0.1, 0.15) is 19.4 Å². The number of hydrogen-bond donors (Lipinski definition) is 2. The normalized spacial score (nSPS) is 9.21. The van der Waals surface area contributed by atoms with Crippen LogP contribution in [0.3, 0.4) is 0 Å². The standard InChI is InChI=1S/C14H23N3O.HI/c1-4-15-14(16-5-2)17-10-11-18-13-8-6-12(3)7-9-13;/h6-9H,4-5,10-11H2,1-3H3,(H2,15,16,17);1H. The Hall–Kier alpha value is -0.980. The van der Waals surface area contributed by atoms with E-state index in [2.05, 4.69) is 36.4 Å². The molecule has 1 aromatic carbocycles. The molecule has 2 N–H and O–H groups in total. The molecule has 0 saturated heterocycles. The maximum absolute atomic E-state index is 5.61. The van der Waals surface area contributed by atoms with Crippen LogP contribution in [0.2, 0.25) is 0 Å². The molecule has 0 aliphatic carbocycles. The molecular weight excluding hydrogens is 353 g/mol. The Morgan fingerprint density at radius 2 is 1.68 bits per heavy atom. The van der Waals surface area contributed by atoms with Crippen LogP contribution in [0, 0.1) is 6.92 Å². The highest BCUT2D eigenvalue weighted by Crippen LogP contribution is 2.10. The zero-order valence-electron chi connectivity index (χ0n) is 11.9. The van der Waals surface area contributed by atoms with Crippen LogP contribution in [-0.2, 0) is 0 Å². The van der Waals surface area contributed by atoms with Crippen molar-refractivity contribution < 1.29 is 4.74 Å². The Morgan fingerprint density at radius 1 is 1.11 bits per heavy atom. The van der Waals surface area contributed by atoms with E-state index in [0.717, 1.165) is 24.8 Å². The van der Waals surface area contributed by atoms with Crippen molar-refractivity contribution in [2.45, 2.75) is 20.8 Å². The van der Waals surface area contributed by atoms with E-state index in [9.17, 15) is 0 Å². The second-order valence-electron chi connectivity index (χ2n) is 3.95. The fourth-order valence-electron chi connectivity index (χ4n) is 1.46. The van der Waals surface area contributed by atoms with Crippen molar-refractivity contribution in [3.63, 3.8) is 0 Å². The SMILES string of the molecule is CCNC(=NCCOc1ccc(C)cc1)NCC.I. The number of halogens is 1. The molecule has 19 heavy (non-hydrogen) atoms. The highest BCUT2D eigenvalue weighted by Gasteiger charge is 1.95. The number of guanidine groups is 1. The first-order valence-corrected chi connectivity index (χ1v) is 6.48. The largest absolute Gasteiger partial charge is 0.492 e. The van der Waals surface area contributed by atoms with E-state index in [1.54, 1.807) is 0 Å². The molecule has 4 nitrogen and oxygen atoms in total. The van der Waals surface area contributed by atoms with Gasteiger partial charge >= 0.3 is 0 Å². The number of aryl methyl sites for hydroxylation is 1. The maximum Gasteiger partial charge on any atom is 0.191 e. The van der Waals surface area contributed by atoms with Crippen molar-refractivity contribution in [3.05, 3.63) is 29.8 Å². The number of benzene rings is 1. The van der Waals surface area contributed by atoms with Crippen LogP contribution in [0.4, 0.5) is 0 Å². The van der Waals surface area contributed by atoms with Gasteiger partial charge < -0.3 is 15.4 Å². The number of aliphatic imine (C=N–C) groups is 1. The molecule has 0 bridgehead atoms. The highest BCUT2D eigenvalue weighted by molar-refractivity contribution is 14.0. The van der Waals surface area contributed by atoms with E-state index >= 15 is 0 Å². The molecule has 5 heteroatoms. The zero-order chi connectivity index (χ0) is 13.2. The van der Waals surface area contributed by atoms with Crippen LogP contribution < -0.4 is 15.4 Å². The van der Waals surface area contributed by atoms with Gasteiger partial charge in [-0.1, -0.05) is 17.7 Å². The lowest BCUT2D eigenvalue weighted by atomic mass is 10.2. The molecule has 0 spiro atoms. The van der Waals surface area contributed by atoms with Gasteiger partial charge in [0.05, 0.1) is 6.54 Å². The molecule has 1 rings (SSSR count). The molecule has 0 aliphatic rings. The van der Waals surface area contributed by atoms with Gasteiger partial charge in [-0.3, -0.25) is 0 Å². The molecule has 0 radical (unpaired) electrons. The van der Waals surface area contributed by atoms with Crippen LogP contribution in [0.25, 0.3) is 0 Å². The molecule has 1 aromatic rings. The number of ether oxygens (including phenoxy) is 1. The number of nitrogens with one attached hydrogen (secondary N) is 2. The van der Waals surface area contributed by atoms with Gasteiger partial charge in [-0.25, -0.2) is 4.99 Å². The molecule has 0 saturated carbocycles. The van der Waals surface area contributed by atoms with E-state index in [4.69, 9.17) is 4.74 Å². The summed E-state index contributed by atoms with van der Waals surface area (Å²) in [4.78, 5) is 4.41. The van der Waals surface area contributed by atoms with Crippen molar-refractivity contribution in [1.82, 2.24) is 10.6 Å². The Labute approximate surface area is 133 Å². The van der Waals surface area contributed by atoms with E-state index in [-0.39, 0.29) is 24.0 Å². The average Bonchev–Trinajstić information content (AvgIpc) is 2.37. The molecule has 108 valence electrons. The molecule has 0 amide bonds. The van der Waals surface area contributed by atoms with Gasteiger partial charge in [0.25, 0.3) is 0 Å². The smallest absolute Gasteiger partial charge is 0.191 e. The van der Waals surface area contributed by atoms with Gasteiger partial charge in [0.15, 0.2) is 5.96 Å². The highest BCUT2D eigenvalue weighted by atomic mass is 127. The number of hydrogen-bond acceptors (Lipinski definition) is 2. The molecule has 0 unspecified atom stereocenters. The van der Waals surface area contributed by atoms with E-state index < -0.39 is 0 Å². The number of nitrogens with zero attached hydrogens (tertiary/aromatic N) is 1. The summed E-state index contributed by atoms with van der Waals surface area (Å²) in [6.07, 6.45) is 0. The van der Waals surface area contributed by atoms with Gasteiger partial charge in [0.2, 0.25) is 0 Å². The van der Waals surface area contributed by atoms with E-state index in [0.29, 0.717) is 13.2 Å². The van der Waals surface area contributed by atoms with Crippen LogP contribution in [0.15, 0.2) is 29.3 Å². The Balaban J connectivity index is 0.00000324.